The number of nitrogens with one attached hydrogen (secondary N) is 1. The van der Waals surface area contributed by atoms with Gasteiger partial charge in [-0.05, 0) is 37.3 Å². The number of rotatable bonds is 5. The lowest BCUT2D eigenvalue weighted by molar-refractivity contribution is -0.138. The lowest BCUT2D eigenvalue weighted by Gasteiger charge is -2.28. The van der Waals surface area contributed by atoms with Crippen molar-refractivity contribution in [1.29, 1.82) is 0 Å². The number of hydrogen-bond acceptors (Lipinski definition) is 7. The Morgan fingerprint density at radius 3 is 2.65 bits per heavy atom. The van der Waals surface area contributed by atoms with Crippen LogP contribution < -0.4 is 5.32 Å². The number of pyridine rings is 1. The summed E-state index contributed by atoms with van der Waals surface area (Å²) in [6, 6.07) is 2.81. The molecule has 2 aliphatic rings. The Bertz CT molecular complexity index is 1300. The Morgan fingerprint density at radius 1 is 1.24 bits per heavy atom. The molecule has 1 saturated carbocycles. The molecule has 0 radical (unpaired) electrons. The second-order valence-electron chi connectivity index (χ2n) is 8.08. The molecule has 0 unspecified atom stereocenters. The number of carbonyl (C=O) groups excluding carboxylic acids is 2. The van der Waals surface area contributed by atoms with Gasteiger partial charge in [0.05, 0.1) is 6.54 Å². The van der Waals surface area contributed by atoms with Crippen molar-refractivity contribution in [3.63, 3.8) is 0 Å². The maximum atomic E-state index is 13.4. The first-order valence-corrected chi connectivity index (χ1v) is 11.2. The highest BCUT2D eigenvalue weighted by atomic mass is 32.1. The number of nitrogens with zero attached hydrogens (tertiary/aromatic N) is 6. The third kappa shape index (κ3) is 4.13. The van der Waals surface area contributed by atoms with Gasteiger partial charge in [-0.1, -0.05) is 17.4 Å². The lowest BCUT2D eigenvalue weighted by Crippen LogP contribution is -2.40. The molecule has 4 heterocycles. The zero-order chi connectivity index (χ0) is 24.2. The summed E-state index contributed by atoms with van der Waals surface area (Å²) in [7, 11) is 0. The molecule has 1 fully saturated rings. The molecule has 14 heteroatoms. The molecule has 2 amide bonds. The molecule has 3 aromatic heterocycles. The van der Waals surface area contributed by atoms with E-state index in [2.05, 4.69) is 25.6 Å². The van der Waals surface area contributed by atoms with Crippen molar-refractivity contribution in [1.82, 2.24) is 29.9 Å². The van der Waals surface area contributed by atoms with Gasteiger partial charge < -0.3 is 4.90 Å². The molecular formula is C20H17F4N7O2S. The van der Waals surface area contributed by atoms with Crippen molar-refractivity contribution < 1.29 is 27.2 Å². The topological polar surface area (TPSA) is 106 Å². The molecular weight excluding hydrogens is 478 g/mol. The van der Waals surface area contributed by atoms with Crippen LogP contribution in [0.5, 0.6) is 0 Å². The standard InChI is InChI=1S/C20H17F4N7O2S/c1-9-11(4-5-12(21)25-9)8-30-6-7-31-15(17(30)33)13(10-2-3-10)14(29-31)16(32)26-19-28-27-18(34-19)20(22,23)24/h4-5,10H,2-3,6-8H2,1H3,(H,26,28,32). The Balaban J connectivity index is 1.42. The summed E-state index contributed by atoms with van der Waals surface area (Å²) >= 11 is 0.211. The second-order valence-corrected chi connectivity index (χ2v) is 9.06. The fourth-order valence-corrected chi connectivity index (χ4v) is 4.49. The Labute approximate surface area is 193 Å². The van der Waals surface area contributed by atoms with Crippen molar-refractivity contribution in [2.24, 2.45) is 0 Å². The minimum Gasteiger partial charge on any atom is -0.331 e. The number of aryl methyl sites for hydroxylation is 1. The van der Waals surface area contributed by atoms with Gasteiger partial charge in [0, 0.05) is 24.3 Å². The molecule has 9 nitrogen and oxygen atoms in total. The first-order chi connectivity index (χ1) is 16.1. The molecule has 0 atom stereocenters. The van der Waals surface area contributed by atoms with Gasteiger partial charge in [-0.15, -0.1) is 10.2 Å². The molecule has 34 heavy (non-hydrogen) atoms. The molecule has 0 saturated heterocycles. The largest absolute Gasteiger partial charge is 0.445 e. The molecule has 1 aliphatic heterocycles. The summed E-state index contributed by atoms with van der Waals surface area (Å²) < 4.78 is 53.2. The molecule has 178 valence electrons. The van der Waals surface area contributed by atoms with E-state index < -0.39 is 23.0 Å². The summed E-state index contributed by atoms with van der Waals surface area (Å²) in [5, 5.41) is 11.6. The molecule has 3 aromatic rings. The van der Waals surface area contributed by atoms with Gasteiger partial charge in [0.2, 0.25) is 16.1 Å². The quantitative estimate of drug-likeness (QED) is 0.430. The average Bonchev–Trinajstić information content (AvgIpc) is 3.34. The smallest absolute Gasteiger partial charge is 0.331 e. The molecule has 1 aliphatic carbocycles. The number of halogens is 4. The van der Waals surface area contributed by atoms with Crippen LogP contribution in [0, 0.1) is 12.9 Å². The first kappa shape index (κ1) is 22.4. The summed E-state index contributed by atoms with van der Waals surface area (Å²) in [6.07, 6.45) is -3.13. The van der Waals surface area contributed by atoms with Crippen LogP contribution in [-0.2, 0) is 19.3 Å². The van der Waals surface area contributed by atoms with Gasteiger partial charge in [0.1, 0.15) is 5.69 Å². The molecule has 0 aromatic carbocycles. The number of aromatic nitrogens is 5. The number of anilines is 1. The van der Waals surface area contributed by atoms with E-state index >= 15 is 0 Å². The molecule has 5 rings (SSSR count). The van der Waals surface area contributed by atoms with E-state index in [1.807, 2.05) is 0 Å². The van der Waals surface area contributed by atoms with Crippen LogP contribution in [0.3, 0.4) is 0 Å². The van der Waals surface area contributed by atoms with Gasteiger partial charge in [-0.2, -0.15) is 22.7 Å². The fourth-order valence-electron chi connectivity index (χ4n) is 3.88. The van der Waals surface area contributed by atoms with E-state index in [-0.39, 0.29) is 40.5 Å². The van der Waals surface area contributed by atoms with E-state index in [0.29, 0.717) is 35.6 Å². The van der Waals surface area contributed by atoms with Crippen molar-refractivity contribution in [2.45, 2.75) is 44.9 Å². The normalized spacial score (nSPS) is 16.0. The van der Waals surface area contributed by atoms with Gasteiger partial charge >= 0.3 is 6.18 Å². The van der Waals surface area contributed by atoms with E-state index in [0.717, 1.165) is 12.8 Å². The highest BCUT2D eigenvalue weighted by molar-refractivity contribution is 7.15. The van der Waals surface area contributed by atoms with Gasteiger partial charge in [0.25, 0.3) is 11.8 Å². The zero-order valence-corrected chi connectivity index (χ0v) is 18.5. The predicted molar refractivity (Wildman–Crippen MR) is 111 cm³/mol. The van der Waals surface area contributed by atoms with Gasteiger partial charge in [-0.3, -0.25) is 19.6 Å². The maximum Gasteiger partial charge on any atom is 0.445 e. The fraction of sp³-hybridized carbons (Fsp3) is 0.400. The Morgan fingerprint density at radius 2 is 2.00 bits per heavy atom. The van der Waals surface area contributed by atoms with Crippen LogP contribution in [-0.4, -0.2) is 48.2 Å². The maximum absolute atomic E-state index is 13.4. The first-order valence-electron chi connectivity index (χ1n) is 10.4. The van der Waals surface area contributed by atoms with Crippen LogP contribution in [0.4, 0.5) is 22.7 Å². The van der Waals surface area contributed by atoms with Crippen LogP contribution in [0.15, 0.2) is 12.1 Å². The second kappa shape index (κ2) is 8.11. The summed E-state index contributed by atoms with van der Waals surface area (Å²) in [5.74, 6) is -1.71. The average molecular weight is 495 g/mol. The van der Waals surface area contributed by atoms with Crippen molar-refractivity contribution in [3.05, 3.63) is 51.3 Å². The third-order valence-corrected chi connectivity index (χ3v) is 6.56. The van der Waals surface area contributed by atoms with E-state index in [1.54, 1.807) is 17.9 Å². The SMILES string of the molecule is Cc1nc(F)ccc1CN1CCn2nc(C(=O)Nc3nnc(C(F)(F)F)s3)c(C3CC3)c2C1=O. The minimum absolute atomic E-state index is 0.00362. The third-order valence-electron chi connectivity index (χ3n) is 5.67. The molecule has 0 spiro atoms. The predicted octanol–water partition coefficient (Wildman–Crippen LogP) is 3.38. The number of amides is 2. The lowest BCUT2D eigenvalue weighted by atomic mass is 10.0. The van der Waals surface area contributed by atoms with E-state index in [9.17, 15) is 27.2 Å². The van der Waals surface area contributed by atoms with Crippen LogP contribution in [0.1, 0.15) is 61.6 Å². The number of hydrogen-bond donors (Lipinski definition) is 1. The Hall–Kier alpha value is -3.42. The highest BCUT2D eigenvalue weighted by Gasteiger charge is 2.41. The van der Waals surface area contributed by atoms with Crippen LogP contribution in [0.25, 0.3) is 0 Å². The van der Waals surface area contributed by atoms with Crippen LogP contribution in [0.2, 0.25) is 0 Å². The van der Waals surface area contributed by atoms with E-state index in [1.165, 1.54) is 10.7 Å². The van der Waals surface area contributed by atoms with Crippen molar-refractivity contribution in [3.8, 4) is 0 Å². The number of fused-ring (bicyclic) bond motifs is 1. The monoisotopic (exact) mass is 495 g/mol. The molecule has 1 N–H and O–H groups in total. The number of carbonyl (C=O) groups is 2. The van der Waals surface area contributed by atoms with Crippen LogP contribution >= 0.6 is 11.3 Å². The summed E-state index contributed by atoms with van der Waals surface area (Å²) in [5.41, 5.74) is 1.95. The Kier molecular flexibility index (Phi) is 5.34. The summed E-state index contributed by atoms with van der Waals surface area (Å²) in [6.45, 7) is 2.53. The van der Waals surface area contributed by atoms with Crippen molar-refractivity contribution in [2.75, 3.05) is 11.9 Å². The van der Waals surface area contributed by atoms with Gasteiger partial charge in [0.15, 0.2) is 5.69 Å². The minimum atomic E-state index is -4.67. The van der Waals surface area contributed by atoms with E-state index in [4.69, 9.17) is 0 Å². The highest BCUT2D eigenvalue weighted by Crippen LogP contribution is 2.44. The number of alkyl halides is 3. The summed E-state index contributed by atoms with van der Waals surface area (Å²) in [4.78, 5) is 31.6. The zero-order valence-electron chi connectivity index (χ0n) is 17.7. The van der Waals surface area contributed by atoms with Crippen molar-refractivity contribution >= 4 is 28.3 Å². The van der Waals surface area contributed by atoms with Gasteiger partial charge in [-0.25, -0.2) is 4.98 Å². The molecule has 0 bridgehead atoms.